The van der Waals surface area contributed by atoms with Gasteiger partial charge in [-0.15, -0.1) is 0 Å². The van der Waals surface area contributed by atoms with Gasteiger partial charge in [-0.1, -0.05) is 0 Å². The van der Waals surface area contributed by atoms with Crippen LogP contribution in [0.15, 0.2) is 36.5 Å². The Morgan fingerprint density at radius 2 is 1.89 bits per heavy atom. The molecule has 0 aliphatic carbocycles. The summed E-state index contributed by atoms with van der Waals surface area (Å²) < 4.78 is 80.4. The van der Waals surface area contributed by atoms with E-state index >= 15 is 4.39 Å². The van der Waals surface area contributed by atoms with Crippen molar-refractivity contribution >= 4 is 10.9 Å². The number of aliphatic hydroxyl groups excluding tert-OH is 1. The summed E-state index contributed by atoms with van der Waals surface area (Å²) in [5.74, 6) is -3.42. The number of benzene rings is 2. The minimum Gasteiger partial charge on any atom is -0.497 e. The first kappa shape index (κ1) is 28.0. The molecule has 0 unspecified atom stereocenters. The number of hydrogen-bond donors (Lipinski definition) is 1. The Morgan fingerprint density at radius 1 is 1.13 bits per heavy atom. The van der Waals surface area contributed by atoms with Crippen molar-refractivity contribution in [3.8, 4) is 11.5 Å². The van der Waals surface area contributed by atoms with Gasteiger partial charge in [0.05, 0.1) is 12.6 Å². The van der Waals surface area contributed by atoms with Gasteiger partial charge in [0.1, 0.15) is 31.0 Å². The number of hydrogen-bond acceptors (Lipinski definition) is 5. The molecule has 5 nitrogen and oxygen atoms in total. The molecule has 0 bridgehead atoms. The number of nitrogens with zero attached hydrogens (tertiary/aromatic N) is 2. The van der Waals surface area contributed by atoms with E-state index in [0.29, 0.717) is 61.6 Å². The summed E-state index contributed by atoms with van der Waals surface area (Å²) in [7, 11) is 1.50. The van der Waals surface area contributed by atoms with Crippen LogP contribution in [-0.2, 0) is 6.67 Å². The first-order chi connectivity index (χ1) is 18.3. The zero-order valence-corrected chi connectivity index (χ0v) is 21.2. The molecule has 0 spiro atoms. The molecule has 38 heavy (non-hydrogen) atoms. The fourth-order valence-electron chi connectivity index (χ4n) is 5.07. The van der Waals surface area contributed by atoms with Crippen LogP contribution in [0.4, 0.5) is 22.0 Å². The number of pyridine rings is 1. The maximum absolute atomic E-state index is 15.7. The van der Waals surface area contributed by atoms with Gasteiger partial charge in [-0.25, -0.2) is 17.6 Å². The summed E-state index contributed by atoms with van der Waals surface area (Å²) in [6.45, 7) is 0.652. The molecule has 2 aromatic carbocycles. The van der Waals surface area contributed by atoms with Crippen molar-refractivity contribution in [1.29, 1.82) is 0 Å². The summed E-state index contributed by atoms with van der Waals surface area (Å²) >= 11 is 0. The highest BCUT2D eigenvalue weighted by molar-refractivity contribution is 5.85. The number of methoxy groups -OCH3 is 1. The lowest BCUT2D eigenvalue weighted by atomic mass is 9.74. The molecule has 1 aliphatic rings. The Bertz CT molecular complexity index is 1250. The van der Waals surface area contributed by atoms with Crippen LogP contribution in [0.2, 0.25) is 0 Å². The van der Waals surface area contributed by atoms with E-state index in [0.717, 1.165) is 6.07 Å². The first-order valence-electron chi connectivity index (χ1n) is 12.6. The van der Waals surface area contributed by atoms with Crippen molar-refractivity contribution in [3.63, 3.8) is 0 Å². The van der Waals surface area contributed by atoms with Gasteiger partial charge in [0.2, 0.25) is 5.82 Å². The van der Waals surface area contributed by atoms with Gasteiger partial charge in [-0.05, 0) is 62.4 Å². The normalized spacial score (nSPS) is 16.5. The van der Waals surface area contributed by atoms with Crippen molar-refractivity contribution in [2.45, 2.75) is 38.5 Å². The number of ether oxygens (including phenoxy) is 2. The molecular weight excluding hydrogens is 507 g/mol. The van der Waals surface area contributed by atoms with Gasteiger partial charge in [0.25, 0.3) is 0 Å². The Morgan fingerprint density at radius 3 is 2.58 bits per heavy atom. The van der Waals surface area contributed by atoms with Crippen molar-refractivity contribution in [2.75, 3.05) is 40.0 Å². The average molecular weight is 539 g/mol. The van der Waals surface area contributed by atoms with Gasteiger partial charge >= 0.3 is 0 Å². The average Bonchev–Trinajstić information content (AvgIpc) is 2.94. The quantitative estimate of drug-likeness (QED) is 0.237. The highest BCUT2D eigenvalue weighted by Gasteiger charge is 2.35. The Hall–Kier alpha value is -2.98. The minimum absolute atomic E-state index is 0.0308. The molecule has 0 amide bonds. The summed E-state index contributed by atoms with van der Waals surface area (Å²) in [6.07, 6.45) is 1.62. The number of likely N-dealkylation sites (tertiary alicyclic amines) is 1. The third-order valence-corrected chi connectivity index (χ3v) is 7.46. The fraction of sp³-hybridized carbons (Fsp3) is 0.464. The van der Waals surface area contributed by atoms with E-state index in [2.05, 4.69) is 4.98 Å². The summed E-state index contributed by atoms with van der Waals surface area (Å²) in [4.78, 5) is 6.28. The van der Waals surface area contributed by atoms with Crippen molar-refractivity contribution in [3.05, 3.63) is 65.1 Å². The molecule has 1 fully saturated rings. The zero-order chi connectivity index (χ0) is 27.3. The lowest BCUT2D eigenvalue weighted by Crippen LogP contribution is -2.43. The van der Waals surface area contributed by atoms with Crippen LogP contribution >= 0.6 is 0 Å². The van der Waals surface area contributed by atoms with E-state index < -0.39 is 41.5 Å². The van der Waals surface area contributed by atoms with Gasteiger partial charge in [-0.2, -0.15) is 4.39 Å². The summed E-state index contributed by atoms with van der Waals surface area (Å²) in [5.41, 5.74) is 0.519. The summed E-state index contributed by atoms with van der Waals surface area (Å²) in [6, 6.07) is 6.34. The maximum Gasteiger partial charge on any atom is 0.200 e. The monoisotopic (exact) mass is 538 g/mol. The number of aromatic nitrogens is 1. The van der Waals surface area contributed by atoms with Crippen LogP contribution in [0.3, 0.4) is 0 Å². The van der Waals surface area contributed by atoms with E-state index in [4.69, 9.17) is 9.47 Å². The van der Waals surface area contributed by atoms with Crippen LogP contribution in [0.1, 0.15) is 43.0 Å². The first-order valence-corrected chi connectivity index (χ1v) is 12.6. The minimum atomic E-state index is -1.45. The molecule has 1 N–H and O–H groups in total. The molecule has 0 radical (unpaired) electrons. The number of rotatable bonds is 11. The second kappa shape index (κ2) is 12.3. The van der Waals surface area contributed by atoms with Crippen LogP contribution in [0.25, 0.3) is 10.9 Å². The molecular formula is C28H31F5N2O3. The standard InChI is InChI=1S/C28H31F5N2O3/c1-37-20-2-3-24-21(14-20)26(18(15-29)16-34-24)22(31)4-5-28(17-36)6-8-35(9-7-28)10-11-38-25-13-19(30)12-23(32)27(25)33/h2-3,12-14,16,22,36H,4-11,15,17H2,1H3/t22-/m0/s1. The highest BCUT2D eigenvalue weighted by atomic mass is 19.2. The highest BCUT2D eigenvalue weighted by Crippen LogP contribution is 2.41. The lowest BCUT2D eigenvalue weighted by molar-refractivity contribution is 0.0264. The van der Waals surface area contributed by atoms with Gasteiger partial charge in [0.15, 0.2) is 11.6 Å². The van der Waals surface area contributed by atoms with Crippen LogP contribution in [0, 0.1) is 22.9 Å². The van der Waals surface area contributed by atoms with Crippen LogP contribution < -0.4 is 9.47 Å². The molecule has 3 aromatic rings. The Labute approximate surface area is 218 Å². The summed E-state index contributed by atoms with van der Waals surface area (Å²) in [5, 5.41) is 10.7. The predicted octanol–water partition coefficient (Wildman–Crippen LogP) is 6.07. The molecule has 10 heteroatoms. The number of aliphatic hydroxyl groups is 1. The number of fused-ring (bicyclic) bond motifs is 1. The van der Waals surface area contributed by atoms with Crippen molar-refractivity contribution in [2.24, 2.45) is 5.41 Å². The van der Waals surface area contributed by atoms with Gasteiger partial charge in [-0.3, -0.25) is 9.88 Å². The van der Waals surface area contributed by atoms with Crippen molar-refractivity contribution in [1.82, 2.24) is 9.88 Å². The fourth-order valence-corrected chi connectivity index (χ4v) is 5.07. The van der Waals surface area contributed by atoms with Gasteiger partial charge in [0, 0.05) is 48.0 Å². The van der Waals surface area contributed by atoms with E-state index in [1.165, 1.54) is 13.3 Å². The van der Waals surface area contributed by atoms with Gasteiger partial charge < -0.3 is 14.6 Å². The van der Waals surface area contributed by atoms with E-state index in [-0.39, 0.29) is 30.8 Å². The molecule has 1 atom stereocenters. The lowest BCUT2D eigenvalue weighted by Gasteiger charge is -2.41. The smallest absolute Gasteiger partial charge is 0.200 e. The van der Waals surface area contributed by atoms with E-state index in [9.17, 15) is 22.7 Å². The number of alkyl halides is 2. The van der Waals surface area contributed by atoms with E-state index in [1.807, 2.05) is 4.90 Å². The molecule has 2 heterocycles. The predicted molar refractivity (Wildman–Crippen MR) is 133 cm³/mol. The van der Waals surface area contributed by atoms with Crippen LogP contribution in [0.5, 0.6) is 11.5 Å². The molecule has 1 aromatic heterocycles. The largest absolute Gasteiger partial charge is 0.497 e. The molecule has 4 rings (SSSR count). The Balaban J connectivity index is 1.35. The number of piperidine rings is 1. The molecule has 1 aliphatic heterocycles. The zero-order valence-electron chi connectivity index (χ0n) is 21.2. The van der Waals surface area contributed by atoms with E-state index in [1.54, 1.807) is 18.2 Å². The molecule has 0 saturated carbocycles. The second-order valence-electron chi connectivity index (χ2n) is 9.77. The SMILES string of the molecule is COc1ccc2ncc(CF)c([C@@H](F)CCC3(CO)CCN(CCOc4cc(F)cc(F)c4F)CC3)c2c1. The maximum atomic E-state index is 15.7. The molecule has 1 saturated heterocycles. The second-order valence-corrected chi connectivity index (χ2v) is 9.77. The van der Waals surface area contributed by atoms with Crippen molar-refractivity contribution < 1.29 is 36.5 Å². The van der Waals surface area contributed by atoms with Crippen LogP contribution in [-0.4, -0.2) is 54.9 Å². The topological polar surface area (TPSA) is 54.8 Å². The third-order valence-electron chi connectivity index (χ3n) is 7.46. The molecule has 206 valence electrons. The third kappa shape index (κ3) is 6.18. The number of halogens is 5. The Kier molecular flexibility index (Phi) is 9.04.